The molecule has 1 unspecified atom stereocenters. The van der Waals surface area contributed by atoms with Crippen LogP contribution in [0.4, 0.5) is 0 Å². The van der Waals surface area contributed by atoms with Gasteiger partial charge in [-0.1, -0.05) is 0 Å². The number of nitrogens with zero attached hydrogens (tertiary/aromatic N) is 1. The van der Waals surface area contributed by atoms with Gasteiger partial charge in [-0.05, 0) is 32.4 Å². The third kappa shape index (κ3) is 2.64. The molecule has 1 aliphatic heterocycles. The zero-order valence-electron chi connectivity index (χ0n) is 6.56. The Morgan fingerprint density at radius 2 is 2.60 bits per heavy atom. The molecule has 1 heterocycles. The van der Waals surface area contributed by atoms with Crippen molar-refractivity contribution >= 4 is 0 Å². The first kappa shape index (κ1) is 7.98. The molecule has 3 nitrogen and oxygen atoms in total. The summed E-state index contributed by atoms with van der Waals surface area (Å²) in [6, 6.07) is 0. The van der Waals surface area contributed by atoms with E-state index < -0.39 is 0 Å². The van der Waals surface area contributed by atoms with Crippen molar-refractivity contribution in [3.8, 4) is 0 Å². The Morgan fingerprint density at radius 3 is 3.20 bits per heavy atom. The van der Waals surface area contributed by atoms with E-state index in [9.17, 15) is 0 Å². The van der Waals surface area contributed by atoms with Crippen molar-refractivity contribution in [3.63, 3.8) is 0 Å². The molecule has 0 spiro atoms. The summed E-state index contributed by atoms with van der Waals surface area (Å²) in [5, 5.41) is 3.16. The number of nitrogens with one attached hydrogen (secondary N) is 2. The van der Waals surface area contributed by atoms with Gasteiger partial charge in [0, 0.05) is 13.1 Å². The highest BCUT2D eigenvalue weighted by molar-refractivity contribution is 4.67. The maximum atomic E-state index is 4.06. The molecule has 0 saturated carbocycles. The fourth-order valence-electron chi connectivity index (χ4n) is 1.22. The van der Waals surface area contributed by atoms with Crippen molar-refractivity contribution in [2.45, 2.75) is 12.8 Å². The van der Waals surface area contributed by atoms with Gasteiger partial charge in [0.1, 0.15) is 0 Å². The number of hydrogen-bond acceptors (Lipinski definition) is 2. The van der Waals surface area contributed by atoms with Gasteiger partial charge < -0.3 is 5.32 Å². The Bertz CT molecular complexity index is 78.9. The maximum Gasteiger partial charge on any atom is 0.0307 e. The van der Waals surface area contributed by atoms with Crippen LogP contribution < -0.4 is 16.2 Å². The van der Waals surface area contributed by atoms with Crippen LogP contribution in [-0.2, 0) is 0 Å². The van der Waals surface area contributed by atoms with E-state index in [0.717, 1.165) is 25.6 Å². The monoisotopic (exact) mass is 142 g/mol. The first-order valence-corrected chi connectivity index (χ1v) is 3.97. The van der Waals surface area contributed by atoms with Gasteiger partial charge in [0.15, 0.2) is 0 Å². The van der Waals surface area contributed by atoms with E-state index in [1.165, 1.54) is 12.8 Å². The first-order chi connectivity index (χ1) is 4.93. The number of hydrogen-bond donors (Lipinski definition) is 2. The Balaban J connectivity index is 2.02. The van der Waals surface area contributed by atoms with Crippen LogP contribution in [0.1, 0.15) is 12.8 Å². The van der Waals surface area contributed by atoms with Crippen molar-refractivity contribution in [1.82, 2.24) is 16.2 Å². The molecule has 0 aliphatic carbocycles. The summed E-state index contributed by atoms with van der Waals surface area (Å²) in [5.41, 5.74) is 7.11. The van der Waals surface area contributed by atoms with Crippen molar-refractivity contribution in [1.29, 1.82) is 0 Å². The lowest BCUT2D eigenvalue weighted by Crippen LogP contribution is -2.38. The lowest BCUT2D eigenvalue weighted by molar-refractivity contribution is 0.313. The summed E-state index contributed by atoms with van der Waals surface area (Å²) in [6.07, 6.45) is 2.54. The lowest BCUT2D eigenvalue weighted by Gasteiger charge is -2.21. The average molecular weight is 142 g/mol. The van der Waals surface area contributed by atoms with Crippen LogP contribution in [0, 0.1) is 5.92 Å². The largest absolute Gasteiger partial charge is 0.320 e. The third-order valence-electron chi connectivity index (χ3n) is 1.94. The molecule has 2 N–H and O–H groups in total. The van der Waals surface area contributed by atoms with Crippen LogP contribution in [0.3, 0.4) is 0 Å². The predicted octanol–water partition coefficient (Wildman–Crippen LogP) is -0.275. The molecule has 1 rings (SSSR count). The zero-order chi connectivity index (χ0) is 7.23. The van der Waals surface area contributed by atoms with Gasteiger partial charge in [-0.25, -0.2) is 5.43 Å². The minimum absolute atomic E-state index is 0.838. The summed E-state index contributed by atoms with van der Waals surface area (Å²) in [7, 11) is 2.00. The predicted molar refractivity (Wildman–Crippen MR) is 41.7 cm³/mol. The minimum atomic E-state index is 0.838. The number of rotatable bonds is 3. The maximum absolute atomic E-state index is 4.06. The highest BCUT2D eigenvalue weighted by Crippen LogP contribution is 2.07. The smallest absolute Gasteiger partial charge is 0.0307 e. The molecule has 1 aliphatic rings. The van der Waals surface area contributed by atoms with E-state index in [0.29, 0.717) is 0 Å². The average Bonchev–Trinajstić information content (AvgIpc) is 2.03. The summed E-state index contributed by atoms with van der Waals surface area (Å²) in [6.45, 7) is 3.20. The molecule has 1 saturated heterocycles. The van der Waals surface area contributed by atoms with E-state index >= 15 is 0 Å². The summed E-state index contributed by atoms with van der Waals surface area (Å²) < 4.78 is 0. The zero-order valence-corrected chi connectivity index (χ0v) is 6.56. The highest BCUT2D eigenvalue weighted by Gasteiger charge is 2.11. The SMILES string of the molecule is CNCCC1CC[N]NC1. The molecule has 1 radical (unpaired) electrons. The molecule has 10 heavy (non-hydrogen) atoms. The van der Waals surface area contributed by atoms with Crippen LogP contribution >= 0.6 is 0 Å². The van der Waals surface area contributed by atoms with Crippen molar-refractivity contribution in [3.05, 3.63) is 0 Å². The summed E-state index contributed by atoms with van der Waals surface area (Å²) in [5.74, 6) is 0.838. The Kier molecular flexibility index (Phi) is 3.72. The van der Waals surface area contributed by atoms with Gasteiger partial charge in [-0.3, -0.25) is 0 Å². The standard InChI is InChI=1S/C7H16N3/c1-8-4-2-7-3-5-9-10-6-7/h7-8,10H,2-6H2,1H3. The molecule has 0 aromatic heterocycles. The lowest BCUT2D eigenvalue weighted by atomic mass is 10.0. The fourth-order valence-corrected chi connectivity index (χ4v) is 1.22. The van der Waals surface area contributed by atoms with Crippen LogP contribution in [0.15, 0.2) is 0 Å². The molecular formula is C7H16N3. The molecule has 0 aromatic carbocycles. The van der Waals surface area contributed by atoms with Gasteiger partial charge in [0.25, 0.3) is 0 Å². The molecule has 59 valence electrons. The van der Waals surface area contributed by atoms with Gasteiger partial charge in [0.05, 0.1) is 0 Å². The van der Waals surface area contributed by atoms with E-state index in [4.69, 9.17) is 0 Å². The van der Waals surface area contributed by atoms with E-state index in [2.05, 4.69) is 16.2 Å². The molecule has 1 fully saturated rings. The summed E-state index contributed by atoms with van der Waals surface area (Å²) >= 11 is 0. The van der Waals surface area contributed by atoms with Crippen molar-refractivity contribution < 1.29 is 0 Å². The topological polar surface area (TPSA) is 38.2 Å². The molecule has 3 heteroatoms. The molecule has 1 atom stereocenters. The first-order valence-electron chi connectivity index (χ1n) is 3.97. The van der Waals surface area contributed by atoms with Gasteiger partial charge in [0.2, 0.25) is 0 Å². The van der Waals surface area contributed by atoms with Crippen LogP contribution in [0.2, 0.25) is 0 Å². The van der Waals surface area contributed by atoms with Crippen LogP contribution in [0.5, 0.6) is 0 Å². The third-order valence-corrected chi connectivity index (χ3v) is 1.94. The van der Waals surface area contributed by atoms with Gasteiger partial charge in [-0.15, -0.1) is 0 Å². The molecule has 0 aromatic rings. The quantitative estimate of drug-likeness (QED) is 0.569. The Morgan fingerprint density at radius 1 is 1.70 bits per heavy atom. The Labute approximate surface area is 62.5 Å². The highest BCUT2D eigenvalue weighted by atomic mass is 15.4. The molecule has 0 amide bonds. The van der Waals surface area contributed by atoms with Gasteiger partial charge in [-0.2, -0.15) is 5.43 Å². The van der Waals surface area contributed by atoms with Crippen molar-refractivity contribution in [2.75, 3.05) is 26.7 Å². The normalized spacial score (nSPS) is 26.7. The molecular weight excluding hydrogens is 126 g/mol. The van der Waals surface area contributed by atoms with Crippen molar-refractivity contribution in [2.24, 2.45) is 5.92 Å². The van der Waals surface area contributed by atoms with Gasteiger partial charge >= 0.3 is 0 Å². The summed E-state index contributed by atoms with van der Waals surface area (Å²) in [4.78, 5) is 0. The Hall–Kier alpha value is -0.120. The van der Waals surface area contributed by atoms with E-state index in [-0.39, 0.29) is 0 Å². The minimum Gasteiger partial charge on any atom is -0.320 e. The van der Waals surface area contributed by atoms with Crippen LogP contribution in [-0.4, -0.2) is 26.7 Å². The molecule has 0 bridgehead atoms. The van der Waals surface area contributed by atoms with Crippen LogP contribution in [0.25, 0.3) is 0 Å². The second kappa shape index (κ2) is 4.66. The second-order valence-corrected chi connectivity index (χ2v) is 2.79. The second-order valence-electron chi connectivity index (χ2n) is 2.79. The van der Waals surface area contributed by atoms with E-state index in [1.807, 2.05) is 7.05 Å². The van der Waals surface area contributed by atoms with E-state index in [1.54, 1.807) is 0 Å². The fraction of sp³-hybridized carbons (Fsp3) is 1.00.